The number of hydrogen-bond acceptors (Lipinski definition) is 3. The van der Waals surface area contributed by atoms with Crippen molar-refractivity contribution in [1.29, 1.82) is 0 Å². The van der Waals surface area contributed by atoms with Crippen LogP contribution in [-0.4, -0.2) is 16.8 Å². The minimum atomic E-state index is -0.859. The van der Waals surface area contributed by atoms with Gasteiger partial charge in [-0.1, -0.05) is 6.92 Å². The van der Waals surface area contributed by atoms with Gasteiger partial charge < -0.3 is 5.11 Å². The number of hydrogen-bond donors (Lipinski definition) is 1. The minimum Gasteiger partial charge on any atom is -0.478 e. The van der Waals surface area contributed by atoms with E-state index in [9.17, 15) is 4.79 Å². The van der Waals surface area contributed by atoms with Crippen molar-refractivity contribution in [2.24, 2.45) is 0 Å². The van der Waals surface area contributed by atoms with E-state index in [-0.39, 0.29) is 0 Å². The molecule has 2 nitrogen and oxygen atoms in total. The van der Waals surface area contributed by atoms with E-state index in [0.717, 1.165) is 21.6 Å². The third-order valence-electron chi connectivity index (χ3n) is 2.36. The third kappa shape index (κ3) is 2.23. The fourth-order valence-electron chi connectivity index (χ4n) is 1.54. The number of thiophene rings is 1. The molecule has 0 fully saturated rings. The molecule has 0 bridgehead atoms. The molecule has 1 aromatic heterocycles. The molecule has 1 heterocycles. The Bertz CT molecular complexity index is 517. The summed E-state index contributed by atoms with van der Waals surface area (Å²) in [6.45, 7) is 2.13. The van der Waals surface area contributed by atoms with E-state index >= 15 is 0 Å². The maximum atomic E-state index is 10.9. The van der Waals surface area contributed by atoms with E-state index in [1.165, 1.54) is 5.56 Å². The quantitative estimate of drug-likeness (QED) is 0.898. The monoisotopic (exact) mass is 252 g/mol. The van der Waals surface area contributed by atoms with Crippen LogP contribution in [0.5, 0.6) is 0 Å². The van der Waals surface area contributed by atoms with Crippen LogP contribution in [0.2, 0.25) is 0 Å². The zero-order valence-corrected chi connectivity index (χ0v) is 10.5. The van der Waals surface area contributed by atoms with E-state index in [0.29, 0.717) is 5.56 Å². The number of carbonyl (C=O) groups is 1. The fourth-order valence-corrected chi connectivity index (χ4v) is 3.25. The molecule has 0 atom stereocenters. The Morgan fingerprint density at radius 2 is 2.31 bits per heavy atom. The lowest BCUT2D eigenvalue weighted by Gasteiger charge is -1.99. The number of fused-ring (bicyclic) bond motifs is 1. The van der Waals surface area contributed by atoms with Gasteiger partial charge in [-0.15, -0.1) is 11.3 Å². The molecule has 0 spiro atoms. The highest BCUT2D eigenvalue weighted by Gasteiger charge is 2.08. The Hall–Kier alpha value is -1.00. The second kappa shape index (κ2) is 4.89. The summed E-state index contributed by atoms with van der Waals surface area (Å²) in [7, 11) is 0. The van der Waals surface area contributed by atoms with E-state index in [4.69, 9.17) is 5.11 Å². The molecule has 0 radical (unpaired) electrons. The molecule has 0 amide bonds. The topological polar surface area (TPSA) is 37.3 Å². The summed E-state index contributed by atoms with van der Waals surface area (Å²) in [4.78, 5) is 10.9. The lowest BCUT2D eigenvalue weighted by Crippen LogP contribution is -1.95. The summed E-state index contributed by atoms with van der Waals surface area (Å²) in [5.74, 6) is 1.18. The molecule has 0 aliphatic carbocycles. The highest BCUT2D eigenvalue weighted by Crippen LogP contribution is 2.29. The van der Waals surface area contributed by atoms with Gasteiger partial charge in [0, 0.05) is 10.5 Å². The van der Waals surface area contributed by atoms with Gasteiger partial charge in [-0.3, -0.25) is 0 Å². The van der Waals surface area contributed by atoms with Gasteiger partial charge in [-0.05, 0) is 40.3 Å². The van der Waals surface area contributed by atoms with Crippen molar-refractivity contribution in [2.45, 2.75) is 12.7 Å². The molecular formula is C12H12O2S2. The molecule has 1 aromatic carbocycles. The molecule has 2 aromatic rings. The Morgan fingerprint density at radius 1 is 1.50 bits per heavy atom. The average molecular weight is 252 g/mol. The van der Waals surface area contributed by atoms with Crippen LogP contribution in [0.25, 0.3) is 10.1 Å². The highest BCUT2D eigenvalue weighted by molar-refractivity contribution is 7.98. The van der Waals surface area contributed by atoms with Gasteiger partial charge in [-0.25, -0.2) is 4.79 Å². The van der Waals surface area contributed by atoms with Crippen molar-refractivity contribution >= 4 is 39.2 Å². The van der Waals surface area contributed by atoms with Gasteiger partial charge >= 0.3 is 5.97 Å². The largest absolute Gasteiger partial charge is 0.478 e. The van der Waals surface area contributed by atoms with Crippen LogP contribution in [0.1, 0.15) is 22.8 Å². The van der Waals surface area contributed by atoms with E-state index in [1.54, 1.807) is 23.5 Å². The van der Waals surface area contributed by atoms with Gasteiger partial charge in [0.1, 0.15) is 0 Å². The zero-order valence-electron chi connectivity index (χ0n) is 8.90. The van der Waals surface area contributed by atoms with Crippen LogP contribution >= 0.6 is 23.1 Å². The molecule has 84 valence electrons. The van der Waals surface area contributed by atoms with E-state index in [1.807, 2.05) is 17.8 Å². The van der Waals surface area contributed by atoms with Gasteiger partial charge in [0.2, 0.25) is 0 Å². The molecule has 16 heavy (non-hydrogen) atoms. The molecule has 0 saturated carbocycles. The van der Waals surface area contributed by atoms with Crippen molar-refractivity contribution in [3.63, 3.8) is 0 Å². The number of carboxylic acid groups (broad SMARTS) is 1. The number of aromatic carboxylic acids is 1. The first-order chi connectivity index (χ1) is 7.72. The Kier molecular flexibility index (Phi) is 3.51. The number of benzene rings is 1. The molecular weight excluding hydrogens is 240 g/mol. The number of rotatable bonds is 4. The normalized spacial score (nSPS) is 10.8. The summed E-state index contributed by atoms with van der Waals surface area (Å²) >= 11 is 3.53. The minimum absolute atomic E-state index is 0.369. The third-order valence-corrected chi connectivity index (χ3v) is 4.30. The van der Waals surface area contributed by atoms with Crippen LogP contribution in [0, 0.1) is 0 Å². The summed E-state index contributed by atoms with van der Waals surface area (Å²) < 4.78 is 1.16. The van der Waals surface area contributed by atoms with Crippen molar-refractivity contribution in [1.82, 2.24) is 0 Å². The summed E-state index contributed by atoms with van der Waals surface area (Å²) in [5, 5.41) is 12.2. The highest BCUT2D eigenvalue weighted by atomic mass is 32.2. The first-order valence-corrected chi connectivity index (χ1v) is 7.07. The molecule has 4 heteroatoms. The van der Waals surface area contributed by atoms with E-state index < -0.39 is 5.97 Å². The lowest BCUT2D eigenvalue weighted by atomic mass is 10.1. The van der Waals surface area contributed by atoms with Crippen molar-refractivity contribution in [3.8, 4) is 0 Å². The van der Waals surface area contributed by atoms with Crippen LogP contribution in [0.3, 0.4) is 0 Å². The van der Waals surface area contributed by atoms with Crippen LogP contribution < -0.4 is 0 Å². The van der Waals surface area contributed by atoms with Gasteiger partial charge in [0.15, 0.2) is 0 Å². The predicted octanol–water partition coefficient (Wildman–Crippen LogP) is 3.85. The Balaban J connectivity index is 2.43. The maximum Gasteiger partial charge on any atom is 0.335 e. The second-order valence-electron chi connectivity index (χ2n) is 3.41. The smallest absolute Gasteiger partial charge is 0.335 e. The molecule has 0 unspecified atom stereocenters. The standard InChI is InChI=1S/C12H12O2S2/c1-2-15-6-9-7-16-11-4-3-8(12(13)14)5-10(9)11/h3-5,7H,2,6H2,1H3,(H,13,14). The van der Waals surface area contributed by atoms with Crippen LogP contribution in [0.4, 0.5) is 0 Å². The Morgan fingerprint density at radius 3 is 3.00 bits per heavy atom. The zero-order chi connectivity index (χ0) is 11.5. The van der Waals surface area contributed by atoms with E-state index in [2.05, 4.69) is 12.3 Å². The fraction of sp³-hybridized carbons (Fsp3) is 0.250. The van der Waals surface area contributed by atoms with Gasteiger partial charge in [0.25, 0.3) is 0 Å². The molecule has 1 N–H and O–H groups in total. The molecule has 0 aliphatic heterocycles. The lowest BCUT2D eigenvalue weighted by molar-refractivity contribution is 0.0697. The number of carboxylic acids is 1. The SMILES string of the molecule is CCSCc1csc2ccc(C(=O)O)cc12. The Labute approximate surface area is 102 Å². The van der Waals surface area contributed by atoms with Gasteiger partial charge in [-0.2, -0.15) is 11.8 Å². The summed E-state index contributed by atoms with van der Waals surface area (Å²) in [6.07, 6.45) is 0. The first kappa shape index (κ1) is 11.5. The van der Waals surface area contributed by atoms with Gasteiger partial charge in [0.05, 0.1) is 5.56 Å². The number of thioether (sulfide) groups is 1. The predicted molar refractivity (Wildman–Crippen MR) is 70.6 cm³/mol. The average Bonchev–Trinajstić information content (AvgIpc) is 2.68. The first-order valence-electron chi connectivity index (χ1n) is 5.03. The molecule has 2 rings (SSSR count). The molecule has 0 saturated heterocycles. The van der Waals surface area contributed by atoms with Crippen molar-refractivity contribution in [2.75, 3.05) is 5.75 Å². The van der Waals surface area contributed by atoms with Crippen molar-refractivity contribution in [3.05, 3.63) is 34.7 Å². The molecule has 0 aliphatic rings. The maximum absolute atomic E-state index is 10.9. The second-order valence-corrected chi connectivity index (χ2v) is 5.60. The summed E-state index contributed by atoms with van der Waals surface area (Å²) in [5.41, 5.74) is 1.61. The summed E-state index contributed by atoms with van der Waals surface area (Å²) in [6, 6.07) is 5.33. The van der Waals surface area contributed by atoms with Crippen LogP contribution in [-0.2, 0) is 5.75 Å². The van der Waals surface area contributed by atoms with Crippen molar-refractivity contribution < 1.29 is 9.90 Å². The van der Waals surface area contributed by atoms with Crippen LogP contribution in [0.15, 0.2) is 23.6 Å².